The third-order valence-electron chi connectivity index (χ3n) is 3.43. The predicted octanol–water partition coefficient (Wildman–Crippen LogP) is 5.14. The molecule has 0 bridgehead atoms. The van der Waals surface area contributed by atoms with Gasteiger partial charge in [-0.3, -0.25) is 0 Å². The second-order valence-electron chi connectivity index (χ2n) is 5.04. The van der Waals surface area contributed by atoms with Gasteiger partial charge in [0.15, 0.2) is 0 Å². The summed E-state index contributed by atoms with van der Waals surface area (Å²) in [6.45, 7) is 6.24. The standard InChI is InChI=1S/C17H20ClNO/c1-11-8-9-16(20-4)14(10-11)13(3)19-17-12(2)6-5-7-15(17)18/h5-10,13,19H,1-4H3. The highest BCUT2D eigenvalue weighted by Crippen LogP contribution is 2.32. The molecule has 2 aromatic rings. The number of anilines is 1. The number of hydrogen-bond donors (Lipinski definition) is 1. The Kier molecular flexibility index (Phi) is 4.56. The van der Waals surface area contributed by atoms with Crippen molar-refractivity contribution < 1.29 is 4.74 Å². The van der Waals surface area contributed by atoms with Gasteiger partial charge in [0.2, 0.25) is 0 Å². The van der Waals surface area contributed by atoms with Gasteiger partial charge >= 0.3 is 0 Å². The van der Waals surface area contributed by atoms with Crippen molar-refractivity contribution in [3.63, 3.8) is 0 Å². The van der Waals surface area contributed by atoms with E-state index in [0.29, 0.717) is 0 Å². The van der Waals surface area contributed by atoms with Gasteiger partial charge in [0.25, 0.3) is 0 Å². The molecule has 20 heavy (non-hydrogen) atoms. The highest BCUT2D eigenvalue weighted by molar-refractivity contribution is 6.33. The first kappa shape index (κ1) is 14.7. The lowest BCUT2D eigenvalue weighted by Crippen LogP contribution is -2.09. The van der Waals surface area contributed by atoms with Gasteiger partial charge in [-0.2, -0.15) is 0 Å². The molecule has 0 saturated heterocycles. The highest BCUT2D eigenvalue weighted by atomic mass is 35.5. The van der Waals surface area contributed by atoms with Crippen molar-refractivity contribution in [3.05, 3.63) is 58.1 Å². The molecule has 0 amide bonds. The van der Waals surface area contributed by atoms with E-state index in [2.05, 4.69) is 44.3 Å². The lowest BCUT2D eigenvalue weighted by atomic mass is 10.0. The van der Waals surface area contributed by atoms with Gasteiger partial charge in [0.1, 0.15) is 5.75 Å². The molecule has 0 aliphatic rings. The van der Waals surface area contributed by atoms with E-state index in [9.17, 15) is 0 Å². The molecule has 106 valence electrons. The maximum absolute atomic E-state index is 6.27. The fourth-order valence-corrected chi connectivity index (χ4v) is 2.58. The van der Waals surface area contributed by atoms with Crippen molar-refractivity contribution in [1.29, 1.82) is 0 Å². The molecule has 0 aromatic heterocycles. The van der Waals surface area contributed by atoms with E-state index in [1.807, 2.05) is 18.2 Å². The zero-order valence-corrected chi connectivity index (χ0v) is 13.1. The monoisotopic (exact) mass is 289 g/mol. The van der Waals surface area contributed by atoms with Crippen LogP contribution in [0.2, 0.25) is 5.02 Å². The first-order valence-electron chi connectivity index (χ1n) is 6.69. The van der Waals surface area contributed by atoms with Gasteiger partial charge in [0, 0.05) is 5.56 Å². The average Bonchev–Trinajstić information content (AvgIpc) is 2.43. The van der Waals surface area contributed by atoms with E-state index in [1.165, 1.54) is 5.56 Å². The van der Waals surface area contributed by atoms with Crippen LogP contribution in [-0.4, -0.2) is 7.11 Å². The summed E-state index contributed by atoms with van der Waals surface area (Å²) in [6.07, 6.45) is 0. The molecule has 0 aliphatic carbocycles. The number of ether oxygens (including phenoxy) is 1. The SMILES string of the molecule is COc1ccc(C)cc1C(C)Nc1c(C)cccc1Cl. The summed E-state index contributed by atoms with van der Waals surface area (Å²) in [5, 5.41) is 4.22. The van der Waals surface area contributed by atoms with Crippen molar-refractivity contribution in [2.24, 2.45) is 0 Å². The first-order chi connectivity index (χ1) is 9.52. The van der Waals surface area contributed by atoms with Gasteiger partial charge in [-0.1, -0.05) is 41.4 Å². The highest BCUT2D eigenvalue weighted by Gasteiger charge is 2.14. The zero-order chi connectivity index (χ0) is 14.7. The number of methoxy groups -OCH3 is 1. The fraction of sp³-hybridized carbons (Fsp3) is 0.294. The molecule has 2 nitrogen and oxygen atoms in total. The van der Waals surface area contributed by atoms with Gasteiger partial charge in [-0.25, -0.2) is 0 Å². The van der Waals surface area contributed by atoms with E-state index in [-0.39, 0.29) is 6.04 Å². The minimum atomic E-state index is 0.114. The maximum Gasteiger partial charge on any atom is 0.124 e. The van der Waals surface area contributed by atoms with Gasteiger partial charge in [-0.15, -0.1) is 0 Å². The van der Waals surface area contributed by atoms with E-state index in [4.69, 9.17) is 16.3 Å². The Morgan fingerprint density at radius 2 is 1.90 bits per heavy atom. The lowest BCUT2D eigenvalue weighted by molar-refractivity contribution is 0.408. The number of rotatable bonds is 4. The van der Waals surface area contributed by atoms with E-state index in [0.717, 1.165) is 27.6 Å². The largest absolute Gasteiger partial charge is 0.496 e. The number of aryl methyl sites for hydroxylation is 2. The van der Waals surface area contributed by atoms with Crippen LogP contribution in [0.5, 0.6) is 5.75 Å². The Morgan fingerprint density at radius 1 is 1.15 bits per heavy atom. The smallest absolute Gasteiger partial charge is 0.124 e. The van der Waals surface area contributed by atoms with Crippen LogP contribution in [0.25, 0.3) is 0 Å². The second-order valence-corrected chi connectivity index (χ2v) is 5.45. The summed E-state index contributed by atoms with van der Waals surface area (Å²) in [7, 11) is 1.70. The lowest BCUT2D eigenvalue weighted by Gasteiger charge is -2.21. The first-order valence-corrected chi connectivity index (χ1v) is 7.07. The Hall–Kier alpha value is -1.67. The summed E-state index contributed by atoms with van der Waals surface area (Å²) >= 11 is 6.27. The molecule has 3 heteroatoms. The van der Waals surface area contributed by atoms with E-state index in [1.54, 1.807) is 7.11 Å². The Balaban J connectivity index is 2.33. The van der Waals surface area contributed by atoms with Crippen LogP contribution in [0.3, 0.4) is 0 Å². The van der Waals surface area contributed by atoms with Crippen LogP contribution in [0, 0.1) is 13.8 Å². The Morgan fingerprint density at radius 3 is 2.55 bits per heavy atom. The van der Waals surface area contributed by atoms with Crippen LogP contribution in [-0.2, 0) is 0 Å². The number of para-hydroxylation sites is 1. The van der Waals surface area contributed by atoms with Crippen molar-refractivity contribution in [3.8, 4) is 5.75 Å². The molecule has 2 aromatic carbocycles. The zero-order valence-electron chi connectivity index (χ0n) is 12.3. The molecular formula is C17H20ClNO. The van der Waals surface area contributed by atoms with Crippen molar-refractivity contribution in [2.75, 3.05) is 12.4 Å². The Bertz CT molecular complexity index is 590. The van der Waals surface area contributed by atoms with Crippen LogP contribution >= 0.6 is 11.6 Å². The summed E-state index contributed by atoms with van der Waals surface area (Å²) in [5.41, 5.74) is 4.46. The van der Waals surface area contributed by atoms with Crippen LogP contribution in [0.1, 0.15) is 29.7 Å². The summed E-state index contributed by atoms with van der Waals surface area (Å²) < 4.78 is 5.45. The number of benzene rings is 2. The third-order valence-corrected chi connectivity index (χ3v) is 3.75. The average molecular weight is 290 g/mol. The van der Waals surface area contributed by atoms with Crippen molar-refractivity contribution >= 4 is 17.3 Å². The summed E-state index contributed by atoms with van der Waals surface area (Å²) in [6, 6.07) is 12.2. The van der Waals surface area contributed by atoms with Gasteiger partial charge < -0.3 is 10.1 Å². The normalized spacial score (nSPS) is 12.1. The summed E-state index contributed by atoms with van der Waals surface area (Å²) in [5.74, 6) is 0.889. The van der Waals surface area contributed by atoms with E-state index < -0.39 is 0 Å². The molecule has 0 radical (unpaired) electrons. The molecular weight excluding hydrogens is 270 g/mol. The molecule has 0 fully saturated rings. The van der Waals surface area contributed by atoms with Crippen molar-refractivity contribution in [1.82, 2.24) is 0 Å². The molecule has 0 heterocycles. The predicted molar refractivity (Wildman–Crippen MR) is 86.0 cm³/mol. The molecule has 1 N–H and O–H groups in total. The quantitative estimate of drug-likeness (QED) is 0.841. The third kappa shape index (κ3) is 3.07. The minimum absolute atomic E-state index is 0.114. The van der Waals surface area contributed by atoms with Crippen LogP contribution < -0.4 is 10.1 Å². The van der Waals surface area contributed by atoms with Crippen molar-refractivity contribution in [2.45, 2.75) is 26.8 Å². The van der Waals surface area contributed by atoms with E-state index >= 15 is 0 Å². The second kappa shape index (κ2) is 6.19. The van der Waals surface area contributed by atoms with Gasteiger partial charge in [0.05, 0.1) is 23.9 Å². The topological polar surface area (TPSA) is 21.3 Å². The fourth-order valence-electron chi connectivity index (χ4n) is 2.30. The number of hydrogen-bond acceptors (Lipinski definition) is 2. The molecule has 0 saturated carbocycles. The Labute approximate surface area is 125 Å². The number of nitrogens with one attached hydrogen (secondary N) is 1. The van der Waals surface area contributed by atoms with Gasteiger partial charge in [-0.05, 0) is 38.5 Å². The number of halogens is 1. The van der Waals surface area contributed by atoms with Crippen LogP contribution in [0.15, 0.2) is 36.4 Å². The molecule has 0 spiro atoms. The molecule has 1 unspecified atom stereocenters. The van der Waals surface area contributed by atoms with Crippen LogP contribution in [0.4, 0.5) is 5.69 Å². The molecule has 0 aliphatic heterocycles. The maximum atomic E-state index is 6.27. The molecule has 1 atom stereocenters. The summed E-state index contributed by atoms with van der Waals surface area (Å²) in [4.78, 5) is 0. The minimum Gasteiger partial charge on any atom is -0.496 e. The molecule has 2 rings (SSSR count).